The Morgan fingerprint density at radius 1 is 0.667 bits per heavy atom. The summed E-state index contributed by atoms with van der Waals surface area (Å²) in [5, 5.41) is 19.1. The van der Waals surface area contributed by atoms with Crippen molar-refractivity contribution >= 4 is 7.82 Å². The van der Waals surface area contributed by atoms with Gasteiger partial charge in [-0.3, -0.25) is 4.57 Å². The fraction of sp³-hybridized carbons (Fsp3) is 0.806. The quantitative estimate of drug-likeness (QED) is 0.0651. The number of aliphatic hydroxyl groups is 2. The van der Waals surface area contributed by atoms with Gasteiger partial charge in [0.1, 0.15) is 12.4 Å². The number of aryl methyl sites for hydroxylation is 1. The Hall–Kier alpha value is -1.19. The largest absolute Gasteiger partial charge is 0.756 e. The fourth-order valence-corrected chi connectivity index (χ4v) is 4.12. The Kier molecular flexibility index (Phi) is 33.2. The van der Waals surface area contributed by atoms with Gasteiger partial charge in [-0.1, -0.05) is 63.6 Å². The van der Waals surface area contributed by atoms with Gasteiger partial charge in [0, 0.05) is 13.1 Å². The van der Waals surface area contributed by atoms with Gasteiger partial charge in [0.15, 0.2) is 0 Å². The lowest BCUT2D eigenvalue weighted by atomic mass is 10.0. The molecule has 1 atom stereocenters. The van der Waals surface area contributed by atoms with Crippen molar-refractivity contribution in [2.24, 2.45) is 0 Å². The number of aliphatic hydroxyl groups excluding tert-OH is 2. The minimum Gasteiger partial charge on any atom is -0.756 e. The molecule has 0 aliphatic rings. The number of unbranched alkanes of at least 4 members (excludes halogenated alkanes) is 6. The number of rotatable bonds is 32. The first kappa shape index (κ1) is 43.8. The molecule has 0 aromatic heterocycles. The van der Waals surface area contributed by atoms with E-state index in [1.807, 2.05) is 12.1 Å². The maximum atomic E-state index is 10.4. The maximum absolute atomic E-state index is 10.4. The number of hydrogen-bond donors (Lipinski definition) is 4. The third kappa shape index (κ3) is 34.0. The Morgan fingerprint density at radius 2 is 1.11 bits per heavy atom. The second-order valence-corrected chi connectivity index (χ2v) is 11.1. The van der Waals surface area contributed by atoms with Gasteiger partial charge >= 0.3 is 0 Å². The number of phosphoric acid groups is 1. The highest BCUT2D eigenvalue weighted by molar-refractivity contribution is 7.44. The topological polar surface area (TPSA) is 177 Å². The zero-order valence-corrected chi connectivity index (χ0v) is 28.1. The molecule has 0 saturated carbocycles. The van der Waals surface area contributed by atoms with Crippen molar-refractivity contribution in [2.45, 2.75) is 58.3 Å². The van der Waals surface area contributed by atoms with E-state index in [4.69, 9.17) is 43.5 Å². The molecule has 0 amide bonds. The van der Waals surface area contributed by atoms with Crippen molar-refractivity contribution in [1.29, 1.82) is 0 Å². The average Bonchev–Trinajstić information content (AvgIpc) is 3.02. The highest BCUT2D eigenvalue weighted by atomic mass is 31.2. The Labute approximate surface area is 270 Å². The Bertz CT molecular complexity index is 783. The van der Waals surface area contributed by atoms with Gasteiger partial charge in [-0.05, 0) is 24.5 Å². The van der Waals surface area contributed by atoms with E-state index < -0.39 is 7.82 Å². The van der Waals surface area contributed by atoms with Crippen LogP contribution in [0.4, 0.5) is 0 Å². The van der Waals surface area contributed by atoms with E-state index in [1.165, 1.54) is 50.5 Å². The predicted molar refractivity (Wildman–Crippen MR) is 171 cm³/mol. The zero-order valence-electron chi connectivity index (χ0n) is 27.2. The van der Waals surface area contributed by atoms with Crippen LogP contribution in [0.25, 0.3) is 0 Å². The summed E-state index contributed by atoms with van der Waals surface area (Å²) >= 11 is 0. The summed E-state index contributed by atoms with van der Waals surface area (Å²) in [4.78, 5) is 18.8. The number of nitrogens with one attached hydrogen (secondary N) is 1. The van der Waals surface area contributed by atoms with Gasteiger partial charge in [0.25, 0.3) is 7.82 Å². The van der Waals surface area contributed by atoms with Crippen LogP contribution < -0.4 is 14.9 Å². The van der Waals surface area contributed by atoms with Crippen molar-refractivity contribution in [3.05, 3.63) is 29.8 Å². The number of benzene rings is 1. The molecule has 0 bridgehead atoms. The molecule has 0 aliphatic heterocycles. The van der Waals surface area contributed by atoms with Crippen LogP contribution in [-0.4, -0.2) is 121 Å². The fourth-order valence-electron chi connectivity index (χ4n) is 3.81. The van der Waals surface area contributed by atoms with Crippen LogP contribution in [0.15, 0.2) is 24.3 Å². The summed E-state index contributed by atoms with van der Waals surface area (Å²) in [6.45, 7) is 7.94. The second-order valence-electron chi connectivity index (χ2n) is 9.89. The van der Waals surface area contributed by atoms with Crippen molar-refractivity contribution < 1.29 is 57.5 Å². The lowest BCUT2D eigenvalue weighted by Gasteiger charge is -2.15. The molecule has 1 aromatic carbocycles. The normalized spacial score (nSPS) is 12.5. The van der Waals surface area contributed by atoms with Gasteiger partial charge in [0.2, 0.25) is 0 Å². The third-order valence-electron chi connectivity index (χ3n) is 6.05. The lowest BCUT2D eigenvalue weighted by molar-refractivity contribution is -0.220. The minimum absolute atomic E-state index is 0.0496. The Balaban J connectivity index is 0.00000246. The molecule has 0 heterocycles. The predicted octanol–water partition coefficient (Wildman–Crippen LogP) is 2.48. The van der Waals surface area contributed by atoms with Crippen molar-refractivity contribution in [2.75, 3.05) is 106 Å². The highest BCUT2D eigenvalue weighted by Crippen LogP contribution is 2.29. The molecule has 266 valence electrons. The first-order valence-electron chi connectivity index (χ1n) is 16.1. The summed E-state index contributed by atoms with van der Waals surface area (Å²) in [7, 11) is -4.68. The molecule has 14 heteroatoms. The zero-order chi connectivity index (χ0) is 33.1. The van der Waals surface area contributed by atoms with Crippen molar-refractivity contribution in [3.63, 3.8) is 0 Å². The molecule has 1 rings (SSSR count). The summed E-state index contributed by atoms with van der Waals surface area (Å²) in [5.41, 5.74) is 1.27. The van der Waals surface area contributed by atoms with Crippen LogP contribution in [0.3, 0.4) is 0 Å². The summed E-state index contributed by atoms with van der Waals surface area (Å²) < 4.78 is 47.3. The van der Waals surface area contributed by atoms with Crippen LogP contribution in [0.5, 0.6) is 5.75 Å². The van der Waals surface area contributed by atoms with Gasteiger partial charge in [-0.25, -0.2) is 0 Å². The van der Waals surface area contributed by atoms with E-state index in [1.54, 1.807) is 0 Å². The van der Waals surface area contributed by atoms with Crippen molar-refractivity contribution in [1.82, 2.24) is 5.32 Å². The molecule has 13 nitrogen and oxygen atoms in total. The van der Waals surface area contributed by atoms with Gasteiger partial charge in [0.05, 0.1) is 85.9 Å². The van der Waals surface area contributed by atoms with Crippen LogP contribution >= 0.6 is 7.82 Å². The molecular weight excluding hydrogens is 609 g/mol. The Morgan fingerprint density at radius 3 is 1.60 bits per heavy atom. The first-order chi connectivity index (χ1) is 21.9. The van der Waals surface area contributed by atoms with E-state index in [0.29, 0.717) is 72.6 Å². The minimum atomic E-state index is -4.68. The monoisotopic (exact) mass is 668 g/mol. The van der Waals surface area contributed by atoms with E-state index in [9.17, 15) is 9.46 Å². The molecule has 0 fully saturated rings. The molecule has 45 heavy (non-hydrogen) atoms. The number of ether oxygens (including phenoxy) is 6. The van der Waals surface area contributed by atoms with Crippen LogP contribution in [0, 0.1) is 0 Å². The van der Waals surface area contributed by atoms with Gasteiger partial charge in [-0.2, -0.15) is 0 Å². The first-order valence-corrected chi connectivity index (χ1v) is 17.6. The van der Waals surface area contributed by atoms with Crippen LogP contribution in [0.1, 0.15) is 57.4 Å². The summed E-state index contributed by atoms with van der Waals surface area (Å²) in [6.07, 6.45) is 10.2. The van der Waals surface area contributed by atoms with Crippen molar-refractivity contribution in [3.8, 4) is 5.75 Å². The lowest BCUT2D eigenvalue weighted by Crippen LogP contribution is -2.21. The van der Waals surface area contributed by atoms with Gasteiger partial charge < -0.3 is 58.3 Å². The standard InChI is InChI=1S/C27H49O10P.C4H11NO2/c1-2-3-4-5-6-7-8-11-26-12-9-10-13-27(26)36-24-22-34-20-18-32-16-14-31-15-17-33-19-21-35-23-25-37-38(28,29)30;6-3-1-5-2-4-7/h9-10,12-13H,2-8,11,14-25H2,1H3,(H2,28,29,30);5-7H,1-4H2/p-1. The average molecular weight is 669 g/mol. The molecular formula is C31H59NO12P-. The van der Waals surface area contributed by atoms with Gasteiger partial charge in [-0.15, -0.1) is 0 Å². The molecule has 0 spiro atoms. The molecule has 4 N–H and O–H groups in total. The highest BCUT2D eigenvalue weighted by Gasteiger charge is 2.04. The van der Waals surface area contributed by atoms with E-state index in [-0.39, 0.29) is 33.0 Å². The third-order valence-corrected chi connectivity index (χ3v) is 6.56. The van der Waals surface area contributed by atoms with E-state index in [0.717, 1.165) is 12.2 Å². The van der Waals surface area contributed by atoms with E-state index >= 15 is 0 Å². The molecule has 0 saturated heterocycles. The SMILES string of the molecule is CCCCCCCCCc1ccccc1OCCOCCOCCOCCOCCOCCOP(=O)([O-])O.OCCNCCO. The summed E-state index contributed by atoms with van der Waals surface area (Å²) in [5.74, 6) is 0.956. The smallest absolute Gasteiger partial charge is 0.265 e. The molecule has 0 radical (unpaired) electrons. The van der Waals surface area contributed by atoms with E-state index in [2.05, 4.69) is 28.9 Å². The van der Waals surface area contributed by atoms with Crippen LogP contribution in [-0.2, 0) is 39.2 Å². The van der Waals surface area contributed by atoms with Crippen LogP contribution in [0.2, 0.25) is 0 Å². The summed E-state index contributed by atoms with van der Waals surface area (Å²) in [6, 6.07) is 8.27. The number of para-hydroxylation sites is 1. The second kappa shape index (κ2) is 34.2. The molecule has 0 aliphatic carbocycles. The number of phosphoric ester groups is 1. The molecule has 1 aromatic rings. The maximum Gasteiger partial charge on any atom is 0.265 e. The molecule has 1 unspecified atom stereocenters. The number of hydrogen-bond acceptors (Lipinski definition) is 12.